The standard InChI is InChI=1S/C21H23IN2O3/c1-24(14-15-25)19-9-2-16(3-10-19)4-11-20(26)17-5-7-18(8-6-17)23-21(27)12-13-22/h2-11,25H,12-15H2,1H3,(H,23,27)/b11-4+. The number of halogens is 1. The van der Waals surface area contributed by atoms with Gasteiger partial charge in [-0.15, -0.1) is 0 Å². The molecule has 1 amide bonds. The van der Waals surface area contributed by atoms with Crippen molar-refractivity contribution in [2.75, 3.05) is 34.8 Å². The molecule has 142 valence electrons. The number of anilines is 2. The highest BCUT2D eigenvalue weighted by Gasteiger charge is 2.05. The minimum Gasteiger partial charge on any atom is -0.395 e. The average molecular weight is 478 g/mol. The van der Waals surface area contributed by atoms with Crippen molar-refractivity contribution in [3.8, 4) is 0 Å². The Morgan fingerprint density at radius 2 is 1.78 bits per heavy atom. The van der Waals surface area contributed by atoms with E-state index in [0.717, 1.165) is 15.7 Å². The van der Waals surface area contributed by atoms with E-state index >= 15 is 0 Å². The molecule has 0 saturated heterocycles. The minimum absolute atomic E-state index is 0.0311. The van der Waals surface area contributed by atoms with Crippen molar-refractivity contribution in [3.63, 3.8) is 0 Å². The first-order valence-electron chi connectivity index (χ1n) is 8.64. The maximum Gasteiger partial charge on any atom is 0.225 e. The third kappa shape index (κ3) is 6.80. The van der Waals surface area contributed by atoms with Gasteiger partial charge >= 0.3 is 0 Å². The molecule has 0 unspecified atom stereocenters. The quantitative estimate of drug-likeness (QED) is 0.249. The zero-order chi connectivity index (χ0) is 19.6. The van der Waals surface area contributed by atoms with Gasteiger partial charge in [-0.25, -0.2) is 0 Å². The van der Waals surface area contributed by atoms with E-state index in [9.17, 15) is 9.59 Å². The van der Waals surface area contributed by atoms with E-state index in [-0.39, 0.29) is 18.3 Å². The van der Waals surface area contributed by atoms with E-state index < -0.39 is 0 Å². The number of hydrogen-bond donors (Lipinski definition) is 2. The van der Waals surface area contributed by atoms with E-state index in [0.29, 0.717) is 24.2 Å². The highest BCUT2D eigenvalue weighted by Crippen LogP contribution is 2.15. The molecule has 2 aromatic rings. The summed E-state index contributed by atoms with van der Waals surface area (Å²) in [5.74, 6) is -0.127. The largest absolute Gasteiger partial charge is 0.395 e. The zero-order valence-corrected chi connectivity index (χ0v) is 17.3. The van der Waals surface area contributed by atoms with Crippen LogP contribution in [0.1, 0.15) is 22.3 Å². The molecule has 0 aromatic heterocycles. The molecule has 6 heteroatoms. The van der Waals surface area contributed by atoms with Crippen molar-refractivity contribution >= 4 is 51.7 Å². The second-order valence-electron chi connectivity index (χ2n) is 6.00. The van der Waals surface area contributed by atoms with Crippen molar-refractivity contribution in [2.24, 2.45) is 0 Å². The molecule has 0 aliphatic rings. The van der Waals surface area contributed by atoms with Crippen LogP contribution in [0.5, 0.6) is 0 Å². The number of carbonyl (C=O) groups excluding carboxylic acids is 2. The number of aliphatic hydroxyl groups is 1. The van der Waals surface area contributed by atoms with Crippen molar-refractivity contribution in [3.05, 3.63) is 65.7 Å². The van der Waals surface area contributed by atoms with Gasteiger partial charge in [0.1, 0.15) is 0 Å². The Bertz CT molecular complexity index is 786. The van der Waals surface area contributed by atoms with E-state index in [4.69, 9.17) is 5.11 Å². The van der Waals surface area contributed by atoms with Gasteiger partial charge in [-0.2, -0.15) is 0 Å². The Kier molecular flexibility index (Phi) is 8.47. The van der Waals surface area contributed by atoms with Gasteiger partial charge in [-0.3, -0.25) is 9.59 Å². The molecule has 0 saturated carbocycles. The smallest absolute Gasteiger partial charge is 0.225 e. The van der Waals surface area contributed by atoms with Gasteiger partial charge in [0, 0.05) is 41.4 Å². The zero-order valence-electron chi connectivity index (χ0n) is 15.2. The van der Waals surface area contributed by atoms with E-state index in [1.807, 2.05) is 36.2 Å². The summed E-state index contributed by atoms with van der Waals surface area (Å²) in [6.45, 7) is 0.676. The lowest BCUT2D eigenvalue weighted by Gasteiger charge is -2.17. The van der Waals surface area contributed by atoms with Crippen molar-refractivity contribution in [1.29, 1.82) is 0 Å². The molecule has 0 heterocycles. The Morgan fingerprint density at radius 3 is 2.37 bits per heavy atom. The molecule has 0 aliphatic heterocycles. The number of carbonyl (C=O) groups is 2. The summed E-state index contributed by atoms with van der Waals surface area (Å²) in [5, 5.41) is 11.8. The summed E-state index contributed by atoms with van der Waals surface area (Å²) in [6.07, 6.45) is 3.78. The second kappa shape index (κ2) is 10.8. The van der Waals surface area contributed by atoms with Crippen LogP contribution in [0.3, 0.4) is 0 Å². The monoisotopic (exact) mass is 478 g/mol. The van der Waals surface area contributed by atoms with Crippen LogP contribution in [0.15, 0.2) is 54.6 Å². The molecular weight excluding hydrogens is 455 g/mol. The SMILES string of the molecule is CN(CCO)c1ccc(/C=C/C(=O)c2ccc(NC(=O)CCI)cc2)cc1. The van der Waals surface area contributed by atoms with Crippen LogP contribution in [0.25, 0.3) is 6.08 Å². The molecule has 0 bridgehead atoms. The number of hydrogen-bond acceptors (Lipinski definition) is 4. The van der Waals surface area contributed by atoms with Gasteiger partial charge in [-0.05, 0) is 48.0 Å². The molecule has 0 spiro atoms. The molecule has 2 aromatic carbocycles. The van der Waals surface area contributed by atoms with E-state index in [1.54, 1.807) is 30.3 Å². The maximum atomic E-state index is 12.3. The number of benzene rings is 2. The van der Waals surface area contributed by atoms with Crippen molar-refractivity contribution in [1.82, 2.24) is 0 Å². The average Bonchev–Trinajstić information content (AvgIpc) is 2.67. The number of alkyl halides is 1. The van der Waals surface area contributed by atoms with Gasteiger partial charge < -0.3 is 15.3 Å². The lowest BCUT2D eigenvalue weighted by molar-refractivity contribution is -0.115. The van der Waals surface area contributed by atoms with Gasteiger partial charge in [0.05, 0.1) is 6.61 Å². The number of allylic oxidation sites excluding steroid dienone is 1. The fourth-order valence-corrected chi connectivity index (χ4v) is 2.90. The second-order valence-corrected chi connectivity index (χ2v) is 7.08. The molecule has 5 nitrogen and oxygen atoms in total. The summed E-state index contributed by atoms with van der Waals surface area (Å²) in [4.78, 5) is 25.8. The molecule has 2 N–H and O–H groups in total. The van der Waals surface area contributed by atoms with Gasteiger partial charge in [-0.1, -0.05) is 40.8 Å². The minimum atomic E-state index is -0.0957. The summed E-state index contributed by atoms with van der Waals surface area (Å²) in [5.41, 5.74) is 3.19. The highest BCUT2D eigenvalue weighted by atomic mass is 127. The number of amides is 1. The topological polar surface area (TPSA) is 69.6 Å². The number of nitrogens with zero attached hydrogens (tertiary/aromatic N) is 1. The number of ketones is 1. The molecule has 27 heavy (non-hydrogen) atoms. The number of likely N-dealkylation sites (N-methyl/N-ethyl adjacent to an activating group) is 1. The van der Waals surface area contributed by atoms with Crippen LogP contribution < -0.4 is 10.2 Å². The predicted molar refractivity (Wildman–Crippen MR) is 119 cm³/mol. The fourth-order valence-electron chi connectivity index (χ4n) is 2.41. The lowest BCUT2D eigenvalue weighted by atomic mass is 10.1. The molecular formula is C21H23IN2O3. The predicted octanol–water partition coefficient (Wildman–Crippen LogP) is 3.77. The van der Waals surface area contributed by atoms with Crippen LogP contribution in [0, 0.1) is 0 Å². The Balaban J connectivity index is 1.96. The summed E-state index contributed by atoms with van der Waals surface area (Å²) >= 11 is 2.16. The molecule has 0 aliphatic carbocycles. The first-order valence-corrected chi connectivity index (χ1v) is 10.2. The number of rotatable bonds is 9. The fraction of sp³-hybridized carbons (Fsp3) is 0.238. The summed E-state index contributed by atoms with van der Waals surface area (Å²) in [7, 11) is 1.92. The molecule has 0 radical (unpaired) electrons. The summed E-state index contributed by atoms with van der Waals surface area (Å²) in [6, 6.07) is 14.6. The Labute approximate surface area is 173 Å². The van der Waals surface area contributed by atoms with E-state index in [1.165, 1.54) is 6.08 Å². The highest BCUT2D eigenvalue weighted by molar-refractivity contribution is 14.1. The van der Waals surface area contributed by atoms with Crippen molar-refractivity contribution < 1.29 is 14.7 Å². The first kappa shape index (κ1) is 21.1. The van der Waals surface area contributed by atoms with Crippen LogP contribution in [0.4, 0.5) is 11.4 Å². The molecule has 0 fully saturated rings. The van der Waals surface area contributed by atoms with Crippen LogP contribution >= 0.6 is 22.6 Å². The van der Waals surface area contributed by atoms with Gasteiger partial charge in [0.15, 0.2) is 5.78 Å². The third-order valence-electron chi connectivity index (χ3n) is 3.97. The Hall–Kier alpha value is -2.19. The summed E-state index contributed by atoms with van der Waals surface area (Å²) < 4.78 is 0.768. The normalized spacial score (nSPS) is 10.8. The lowest BCUT2D eigenvalue weighted by Crippen LogP contribution is -2.20. The van der Waals surface area contributed by atoms with Gasteiger partial charge in [0.25, 0.3) is 0 Å². The van der Waals surface area contributed by atoms with Gasteiger partial charge in [0.2, 0.25) is 5.91 Å². The molecule has 0 atom stereocenters. The van der Waals surface area contributed by atoms with Crippen molar-refractivity contribution in [2.45, 2.75) is 6.42 Å². The Morgan fingerprint density at radius 1 is 1.11 bits per heavy atom. The number of aliphatic hydroxyl groups excluding tert-OH is 1. The van der Waals surface area contributed by atoms with Crippen LogP contribution in [-0.2, 0) is 4.79 Å². The first-order chi connectivity index (χ1) is 13.0. The molecule has 2 rings (SSSR count). The maximum absolute atomic E-state index is 12.3. The van der Waals surface area contributed by atoms with Crippen LogP contribution in [0.2, 0.25) is 0 Å². The third-order valence-corrected chi connectivity index (χ3v) is 4.51. The van der Waals surface area contributed by atoms with E-state index in [2.05, 4.69) is 27.9 Å². The number of nitrogens with one attached hydrogen (secondary N) is 1. The van der Waals surface area contributed by atoms with Crippen LogP contribution in [-0.4, -0.2) is 41.4 Å².